The summed E-state index contributed by atoms with van der Waals surface area (Å²) < 4.78 is 27.5. The van der Waals surface area contributed by atoms with Crippen molar-refractivity contribution in [1.29, 1.82) is 0 Å². The van der Waals surface area contributed by atoms with Gasteiger partial charge >= 0.3 is 0 Å². The standard InChI is InChI=1S/C24H25N7O3S2/c1-15-20(21(29-24(35)27-15)16-5-9-18(10-6-16)31(2)3)22(32)28-17-7-11-19(12-8-17)36(33,34)30-23-25-13-4-14-26-23/h4-14,21H,1-3H3,(H,28,32)(H,25,26,30)(H2,27,29,35). The minimum Gasteiger partial charge on any atom is -0.378 e. The monoisotopic (exact) mass is 523 g/mol. The lowest BCUT2D eigenvalue weighted by Crippen LogP contribution is -2.45. The number of rotatable bonds is 7. The van der Waals surface area contributed by atoms with Crippen LogP contribution >= 0.6 is 12.2 Å². The Balaban J connectivity index is 1.53. The van der Waals surface area contributed by atoms with Crippen molar-refractivity contribution in [3.05, 3.63) is 83.8 Å². The summed E-state index contributed by atoms with van der Waals surface area (Å²) in [5.41, 5.74) is 3.45. The van der Waals surface area contributed by atoms with Crippen LogP contribution in [0.25, 0.3) is 0 Å². The molecule has 1 aliphatic rings. The van der Waals surface area contributed by atoms with Gasteiger partial charge in [0.15, 0.2) is 5.11 Å². The molecule has 1 atom stereocenters. The average molecular weight is 524 g/mol. The van der Waals surface area contributed by atoms with Gasteiger partial charge in [0.1, 0.15) is 0 Å². The first-order valence-electron chi connectivity index (χ1n) is 10.9. The maximum atomic E-state index is 13.3. The minimum atomic E-state index is -3.88. The number of benzene rings is 2. The molecule has 1 aromatic heterocycles. The molecule has 1 amide bonds. The number of hydrogen-bond donors (Lipinski definition) is 4. The third kappa shape index (κ3) is 5.61. The first-order chi connectivity index (χ1) is 17.1. The van der Waals surface area contributed by atoms with Crippen LogP contribution in [0.3, 0.4) is 0 Å². The van der Waals surface area contributed by atoms with E-state index in [-0.39, 0.29) is 16.8 Å². The van der Waals surface area contributed by atoms with Crippen LogP contribution in [0.15, 0.2) is 83.2 Å². The molecule has 36 heavy (non-hydrogen) atoms. The van der Waals surface area contributed by atoms with Crippen LogP contribution in [0.2, 0.25) is 0 Å². The van der Waals surface area contributed by atoms with Gasteiger partial charge in [0, 0.05) is 43.6 Å². The lowest BCUT2D eigenvalue weighted by atomic mass is 9.94. The van der Waals surface area contributed by atoms with Crippen molar-refractivity contribution in [2.24, 2.45) is 0 Å². The third-order valence-corrected chi connectivity index (χ3v) is 7.03. The zero-order valence-corrected chi connectivity index (χ0v) is 21.4. The number of sulfonamides is 1. The van der Waals surface area contributed by atoms with E-state index in [1.54, 1.807) is 13.0 Å². The molecule has 3 aromatic rings. The molecule has 186 valence electrons. The fourth-order valence-corrected chi connectivity index (χ4v) is 4.89. The fraction of sp³-hybridized carbons (Fsp3) is 0.167. The van der Waals surface area contributed by atoms with Crippen molar-refractivity contribution in [2.45, 2.75) is 17.9 Å². The van der Waals surface area contributed by atoms with E-state index in [0.717, 1.165) is 11.3 Å². The van der Waals surface area contributed by atoms with Gasteiger partial charge in [-0.3, -0.25) is 4.79 Å². The lowest BCUT2D eigenvalue weighted by molar-refractivity contribution is -0.113. The maximum Gasteiger partial charge on any atom is 0.264 e. The normalized spacial score (nSPS) is 15.5. The summed E-state index contributed by atoms with van der Waals surface area (Å²) in [5.74, 6) is -0.375. The summed E-state index contributed by atoms with van der Waals surface area (Å²) in [6.07, 6.45) is 2.87. The molecular formula is C24H25N7O3S2. The Hall–Kier alpha value is -4.03. The number of nitrogens with one attached hydrogen (secondary N) is 4. The van der Waals surface area contributed by atoms with E-state index in [9.17, 15) is 13.2 Å². The summed E-state index contributed by atoms with van der Waals surface area (Å²) in [5, 5.41) is 9.45. The number of amides is 1. The van der Waals surface area contributed by atoms with Gasteiger partial charge in [0.2, 0.25) is 5.95 Å². The Morgan fingerprint density at radius 1 is 1.03 bits per heavy atom. The second kappa shape index (κ2) is 10.3. The first-order valence-corrected chi connectivity index (χ1v) is 12.8. The van der Waals surface area contributed by atoms with Gasteiger partial charge in [-0.2, -0.15) is 0 Å². The third-order valence-electron chi connectivity index (χ3n) is 5.47. The van der Waals surface area contributed by atoms with E-state index in [2.05, 4.69) is 30.6 Å². The van der Waals surface area contributed by atoms with Gasteiger partial charge in [-0.05, 0) is 67.2 Å². The second-order valence-corrected chi connectivity index (χ2v) is 10.3. The first kappa shape index (κ1) is 25.1. The van der Waals surface area contributed by atoms with Gasteiger partial charge in [0.25, 0.3) is 15.9 Å². The fourth-order valence-electron chi connectivity index (χ4n) is 3.66. The number of aromatic nitrogens is 2. The second-order valence-electron chi connectivity index (χ2n) is 8.21. The zero-order chi connectivity index (χ0) is 25.9. The van der Waals surface area contributed by atoms with Crippen LogP contribution in [0, 0.1) is 0 Å². The number of nitrogens with zero attached hydrogens (tertiary/aromatic N) is 3. The van der Waals surface area contributed by atoms with Crippen LogP contribution in [-0.4, -0.2) is 43.5 Å². The Bertz CT molecular complexity index is 1410. The van der Waals surface area contributed by atoms with Crippen molar-refractivity contribution in [3.8, 4) is 0 Å². The predicted octanol–water partition coefficient (Wildman–Crippen LogP) is 2.77. The summed E-state index contributed by atoms with van der Waals surface area (Å²) in [6.45, 7) is 1.79. The summed E-state index contributed by atoms with van der Waals surface area (Å²) in [6, 6.07) is 14.8. The molecule has 4 N–H and O–H groups in total. The number of carbonyl (C=O) groups is 1. The minimum absolute atomic E-state index is 0.00792. The molecule has 0 saturated carbocycles. The quantitative estimate of drug-likeness (QED) is 0.346. The molecule has 0 aliphatic carbocycles. The summed E-state index contributed by atoms with van der Waals surface area (Å²) >= 11 is 5.32. The van der Waals surface area contributed by atoms with Gasteiger partial charge in [-0.25, -0.2) is 23.1 Å². The number of thiocarbonyl (C=S) groups is 1. The topological polar surface area (TPSA) is 128 Å². The molecule has 1 unspecified atom stereocenters. The van der Waals surface area contributed by atoms with Crippen LogP contribution in [-0.2, 0) is 14.8 Å². The van der Waals surface area contributed by atoms with Crippen molar-refractivity contribution in [3.63, 3.8) is 0 Å². The molecule has 0 spiro atoms. The van der Waals surface area contributed by atoms with E-state index >= 15 is 0 Å². The van der Waals surface area contributed by atoms with Crippen LogP contribution in [0.4, 0.5) is 17.3 Å². The molecule has 2 aromatic carbocycles. The van der Waals surface area contributed by atoms with Gasteiger partial charge < -0.3 is 20.9 Å². The highest BCUT2D eigenvalue weighted by Gasteiger charge is 2.30. The molecule has 0 saturated heterocycles. The smallest absolute Gasteiger partial charge is 0.264 e. The van der Waals surface area contributed by atoms with E-state index in [1.165, 1.54) is 36.7 Å². The zero-order valence-electron chi connectivity index (χ0n) is 19.8. The van der Waals surface area contributed by atoms with Crippen LogP contribution in [0.5, 0.6) is 0 Å². The van der Waals surface area contributed by atoms with Gasteiger partial charge in [-0.15, -0.1) is 0 Å². The van der Waals surface area contributed by atoms with E-state index in [1.807, 2.05) is 43.3 Å². The van der Waals surface area contributed by atoms with E-state index in [4.69, 9.17) is 12.2 Å². The lowest BCUT2D eigenvalue weighted by Gasteiger charge is -2.30. The number of carbonyl (C=O) groups excluding carboxylic acids is 1. The number of hydrogen-bond acceptors (Lipinski definition) is 7. The Morgan fingerprint density at radius 2 is 1.67 bits per heavy atom. The highest BCUT2D eigenvalue weighted by atomic mass is 32.2. The van der Waals surface area contributed by atoms with Crippen LogP contribution in [0.1, 0.15) is 18.5 Å². The average Bonchev–Trinajstić information content (AvgIpc) is 2.84. The molecule has 12 heteroatoms. The Labute approximate surface area is 214 Å². The molecule has 1 aliphatic heterocycles. The van der Waals surface area contributed by atoms with E-state index in [0.29, 0.717) is 22.1 Å². The molecular weight excluding hydrogens is 498 g/mol. The largest absolute Gasteiger partial charge is 0.378 e. The number of allylic oxidation sites excluding steroid dienone is 1. The van der Waals surface area contributed by atoms with Crippen molar-refractivity contribution in [2.75, 3.05) is 29.0 Å². The molecule has 0 bridgehead atoms. The predicted molar refractivity (Wildman–Crippen MR) is 143 cm³/mol. The maximum absolute atomic E-state index is 13.3. The Morgan fingerprint density at radius 3 is 2.28 bits per heavy atom. The Kier molecular flexibility index (Phi) is 7.17. The van der Waals surface area contributed by atoms with Crippen molar-refractivity contribution >= 4 is 50.6 Å². The van der Waals surface area contributed by atoms with Gasteiger partial charge in [-0.1, -0.05) is 12.1 Å². The molecule has 0 fully saturated rings. The van der Waals surface area contributed by atoms with Crippen LogP contribution < -0.4 is 25.6 Å². The van der Waals surface area contributed by atoms with Gasteiger partial charge in [0.05, 0.1) is 16.5 Å². The SMILES string of the molecule is CC1=C(C(=O)Nc2ccc(S(=O)(=O)Nc3ncccn3)cc2)C(c2ccc(N(C)C)cc2)NC(=S)N1. The molecule has 0 radical (unpaired) electrons. The highest BCUT2D eigenvalue weighted by molar-refractivity contribution is 7.92. The molecule has 4 rings (SSSR count). The summed E-state index contributed by atoms with van der Waals surface area (Å²) in [7, 11) is 0.0291. The van der Waals surface area contributed by atoms with Crippen molar-refractivity contribution in [1.82, 2.24) is 20.6 Å². The van der Waals surface area contributed by atoms with Crippen molar-refractivity contribution < 1.29 is 13.2 Å². The molecule has 10 nitrogen and oxygen atoms in total. The van der Waals surface area contributed by atoms with E-state index < -0.39 is 16.1 Å². The highest BCUT2D eigenvalue weighted by Crippen LogP contribution is 2.29. The molecule has 2 heterocycles. The summed E-state index contributed by atoms with van der Waals surface area (Å²) in [4.78, 5) is 23.1. The number of anilines is 3.